The monoisotopic (exact) mass is 245 g/mol. The molecule has 1 fully saturated rings. The smallest absolute Gasteiger partial charge is 0.187 e. The van der Waals surface area contributed by atoms with Crippen molar-refractivity contribution in [3.05, 3.63) is 5.15 Å². The van der Waals surface area contributed by atoms with E-state index < -0.39 is 0 Å². The summed E-state index contributed by atoms with van der Waals surface area (Å²) >= 11 is 7.18. The van der Waals surface area contributed by atoms with E-state index in [-0.39, 0.29) is 0 Å². The summed E-state index contributed by atoms with van der Waals surface area (Å²) in [5.41, 5.74) is 0. The molecule has 1 aliphatic carbocycles. The highest BCUT2D eigenvalue weighted by Crippen LogP contribution is 2.32. The zero-order valence-electron chi connectivity index (χ0n) is 9.11. The van der Waals surface area contributed by atoms with Gasteiger partial charge in [-0.2, -0.15) is 8.75 Å². The number of aromatic nitrogens is 2. The van der Waals surface area contributed by atoms with Crippen LogP contribution in [0.5, 0.6) is 0 Å². The molecular formula is C10H16ClN3S. The van der Waals surface area contributed by atoms with E-state index in [0.29, 0.717) is 11.2 Å². The van der Waals surface area contributed by atoms with Crippen molar-refractivity contribution in [1.29, 1.82) is 0 Å². The highest BCUT2D eigenvalue weighted by Gasteiger charge is 2.27. The molecule has 2 rings (SSSR count). The van der Waals surface area contributed by atoms with Crippen LogP contribution in [-0.2, 0) is 0 Å². The second-order valence-electron chi connectivity index (χ2n) is 4.32. The molecule has 0 aliphatic heterocycles. The molecule has 2 atom stereocenters. The summed E-state index contributed by atoms with van der Waals surface area (Å²) in [7, 11) is 2.08. The van der Waals surface area contributed by atoms with Gasteiger partial charge in [-0.3, -0.25) is 0 Å². The fourth-order valence-electron chi connectivity index (χ4n) is 2.41. The van der Waals surface area contributed by atoms with Crippen LogP contribution < -0.4 is 4.90 Å². The summed E-state index contributed by atoms with van der Waals surface area (Å²) in [4.78, 5) is 2.20. The predicted octanol–water partition coefficient (Wildman–Crippen LogP) is 3.21. The van der Waals surface area contributed by atoms with E-state index >= 15 is 0 Å². The standard InChI is InChI=1S/C10H16ClN3S/c1-7-5-3-4-6-8(7)14(2)10-9(11)12-15-13-10/h7-8H,3-6H2,1-2H3. The van der Waals surface area contributed by atoms with Crippen LogP contribution in [0.3, 0.4) is 0 Å². The third-order valence-corrected chi connectivity index (χ3v) is 4.20. The Hall–Kier alpha value is -0.350. The first kappa shape index (κ1) is 11.1. The van der Waals surface area contributed by atoms with Crippen LogP contribution in [0.2, 0.25) is 5.15 Å². The van der Waals surface area contributed by atoms with Gasteiger partial charge in [0.15, 0.2) is 11.0 Å². The molecule has 0 aromatic carbocycles. The van der Waals surface area contributed by atoms with Crippen molar-refractivity contribution >= 4 is 29.1 Å². The Labute approximate surface area is 99.8 Å². The summed E-state index contributed by atoms with van der Waals surface area (Å²) < 4.78 is 8.26. The van der Waals surface area contributed by atoms with E-state index in [0.717, 1.165) is 11.7 Å². The number of hydrogen-bond acceptors (Lipinski definition) is 4. The molecule has 5 heteroatoms. The van der Waals surface area contributed by atoms with Gasteiger partial charge >= 0.3 is 0 Å². The molecule has 3 nitrogen and oxygen atoms in total. The Balaban J connectivity index is 2.13. The van der Waals surface area contributed by atoms with Crippen molar-refractivity contribution in [2.24, 2.45) is 5.92 Å². The highest BCUT2D eigenvalue weighted by atomic mass is 35.5. The van der Waals surface area contributed by atoms with Crippen molar-refractivity contribution in [1.82, 2.24) is 8.75 Å². The second-order valence-corrected chi connectivity index (χ2v) is 5.21. The first-order chi connectivity index (χ1) is 7.20. The van der Waals surface area contributed by atoms with Crippen LogP contribution in [0.4, 0.5) is 5.82 Å². The Kier molecular flexibility index (Phi) is 3.46. The molecule has 84 valence electrons. The van der Waals surface area contributed by atoms with Gasteiger partial charge in [-0.25, -0.2) is 0 Å². The maximum absolute atomic E-state index is 6.00. The van der Waals surface area contributed by atoms with E-state index in [1.807, 2.05) is 0 Å². The van der Waals surface area contributed by atoms with E-state index in [1.165, 1.54) is 37.4 Å². The van der Waals surface area contributed by atoms with E-state index in [4.69, 9.17) is 11.6 Å². The lowest BCUT2D eigenvalue weighted by Crippen LogP contribution is -2.39. The van der Waals surface area contributed by atoms with E-state index in [9.17, 15) is 0 Å². The van der Waals surface area contributed by atoms with Crippen LogP contribution in [0.1, 0.15) is 32.6 Å². The van der Waals surface area contributed by atoms with Gasteiger partial charge in [-0.15, -0.1) is 0 Å². The molecule has 1 aliphatic rings. The molecule has 0 amide bonds. The fourth-order valence-corrected chi connectivity index (χ4v) is 3.22. The number of halogens is 1. The maximum Gasteiger partial charge on any atom is 0.187 e. The lowest BCUT2D eigenvalue weighted by atomic mass is 9.85. The van der Waals surface area contributed by atoms with Crippen molar-refractivity contribution < 1.29 is 0 Å². The van der Waals surface area contributed by atoms with Crippen LogP contribution in [-0.4, -0.2) is 21.8 Å². The molecule has 1 saturated carbocycles. The van der Waals surface area contributed by atoms with Crippen LogP contribution in [0, 0.1) is 5.92 Å². The van der Waals surface area contributed by atoms with Crippen LogP contribution in [0.15, 0.2) is 0 Å². The Morgan fingerprint density at radius 2 is 2.07 bits per heavy atom. The van der Waals surface area contributed by atoms with E-state index in [2.05, 4.69) is 27.6 Å². The summed E-state index contributed by atoms with van der Waals surface area (Å²) in [5.74, 6) is 1.57. The summed E-state index contributed by atoms with van der Waals surface area (Å²) in [6.07, 6.45) is 5.22. The minimum Gasteiger partial charge on any atom is -0.353 e. The van der Waals surface area contributed by atoms with Crippen molar-refractivity contribution in [3.63, 3.8) is 0 Å². The number of hydrogen-bond donors (Lipinski definition) is 0. The molecule has 1 heterocycles. The summed E-state index contributed by atoms with van der Waals surface area (Å²) in [6, 6.07) is 0.570. The minimum atomic E-state index is 0.542. The van der Waals surface area contributed by atoms with Gasteiger partial charge in [0.25, 0.3) is 0 Å². The average Bonchev–Trinajstić information content (AvgIpc) is 2.64. The molecule has 0 bridgehead atoms. The first-order valence-corrected chi connectivity index (χ1v) is 6.52. The maximum atomic E-state index is 6.00. The third-order valence-electron chi connectivity index (χ3n) is 3.33. The van der Waals surface area contributed by atoms with Gasteiger partial charge in [-0.1, -0.05) is 31.4 Å². The molecule has 1 aromatic rings. The largest absolute Gasteiger partial charge is 0.353 e. The third kappa shape index (κ3) is 2.26. The summed E-state index contributed by atoms with van der Waals surface area (Å²) in [6.45, 7) is 2.31. The van der Waals surface area contributed by atoms with Gasteiger partial charge in [0.2, 0.25) is 0 Å². The molecule has 15 heavy (non-hydrogen) atoms. The highest BCUT2D eigenvalue weighted by molar-refractivity contribution is 6.99. The van der Waals surface area contributed by atoms with Crippen molar-refractivity contribution in [3.8, 4) is 0 Å². The topological polar surface area (TPSA) is 29.0 Å². The number of anilines is 1. The van der Waals surface area contributed by atoms with Crippen LogP contribution in [0.25, 0.3) is 0 Å². The molecule has 0 saturated heterocycles. The molecule has 2 unspecified atom stereocenters. The van der Waals surface area contributed by atoms with Gasteiger partial charge in [-0.05, 0) is 18.8 Å². The van der Waals surface area contributed by atoms with Gasteiger partial charge in [0.05, 0.1) is 11.7 Å². The lowest BCUT2D eigenvalue weighted by molar-refractivity contribution is 0.321. The Bertz CT molecular complexity index is 328. The average molecular weight is 246 g/mol. The van der Waals surface area contributed by atoms with Gasteiger partial charge in [0.1, 0.15) is 0 Å². The summed E-state index contributed by atoms with van der Waals surface area (Å²) in [5, 5.41) is 0.542. The second kappa shape index (κ2) is 4.66. The zero-order valence-corrected chi connectivity index (χ0v) is 10.7. The van der Waals surface area contributed by atoms with Gasteiger partial charge < -0.3 is 4.90 Å². The van der Waals surface area contributed by atoms with E-state index in [1.54, 1.807) is 0 Å². The van der Waals surface area contributed by atoms with Crippen molar-refractivity contribution in [2.75, 3.05) is 11.9 Å². The zero-order chi connectivity index (χ0) is 10.8. The SMILES string of the molecule is CC1CCCCC1N(C)c1nsnc1Cl. The molecule has 0 spiro atoms. The Morgan fingerprint density at radius 3 is 2.67 bits per heavy atom. The predicted molar refractivity (Wildman–Crippen MR) is 64.7 cm³/mol. The molecule has 0 N–H and O–H groups in total. The quantitative estimate of drug-likeness (QED) is 0.801. The molecule has 0 radical (unpaired) electrons. The van der Waals surface area contributed by atoms with Crippen LogP contribution >= 0.6 is 23.3 Å². The van der Waals surface area contributed by atoms with Gasteiger partial charge in [0, 0.05) is 13.1 Å². The number of rotatable bonds is 2. The minimum absolute atomic E-state index is 0.542. The number of nitrogens with zero attached hydrogens (tertiary/aromatic N) is 3. The fraction of sp³-hybridized carbons (Fsp3) is 0.800. The lowest BCUT2D eigenvalue weighted by Gasteiger charge is -2.36. The first-order valence-electron chi connectivity index (χ1n) is 5.41. The Morgan fingerprint density at radius 1 is 1.33 bits per heavy atom. The normalized spacial score (nSPS) is 26.6. The molecular weight excluding hydrogens is 230 g/mol. The molecule has 1 aromatic heterocycles. The van der Waals surface area contributed by atoms with Crippen molar-refractivity contribution in [2.45, 2.75) is 38.6 Å².